The second-order valence-electron chi connectivity index (χ2n) is 3.58. The summed E-state index contributed by atoms with van der Waals surface area (Å²) in [6, 6.07) is 6.86. The van der Waals surface area contributed by atoms with Crippen molar-refractivity contribution >= 4 is 46.4 Å². The number of benzene rings is 1. The summed E-state index contributed by atoms with van der Waals surface area (Å²) in [5.74, 6) is 0.628. The number of aryl methyl sites for hydroxylation is 1. The van der Waals surface area contributed by atoms with Crippen LogP contribution in [0.3, 0.4) is 0 Å². The van der Waals surface area contributed by atoms with Crippen LogP contribution in [0.25, 0.3) is 0 Å². The molecule has 0 fully saturated rings. The number of aromatic nitrogens is 1. The summed E-state index contributed by atoms with van der Waals surface area (Å²) in [4.78, 5) is 3.96. The maximum Gasteiger partial charge on any atom is 0.239 e. The van der Waals surface area contributed by atoms with Crippen LogP contribution in [0.5, 0.6) is 11.6 Å². The van der Waals surface area contributed by atoms with Gasteiger partial charge in [0.05, 0.1) is 10.0 Å². The van der Waals surface area contributed by atoms with Gasteiger partial charge in [-0.15, -0.1) is 0 Å². The van der Waals surface area contributed by atoms with E-state index in [2.05, 4.69) is 4.98 Å². The minimum atomic E-state index is 0.125. The molecular weight excluding hydrogens is 316 g/mol. The number of hydrogen-bond acceptors (Lipinski definition) is 2. The zero-order valence-corrected chi connectivity index (χ0v) is 12.2. The molecule has 1 aromatic carbocycles. The minimum Gasteiger partial charge on any atom is -0.436 e. The Bertz CT molecular complexity index is 601. The van der Waals surface area contributed by atoms with E-state index < -0.39 is 0 Å². The summed E-state index contributed by atoms with van der Waals surface area (Å²) in [6.07, 6.45) is 0. The number of hydrogen-bond donors (Lipinski definition) is 0. The van der Waals surface area contributed by atoms with E-state index in [1.807, 2.05) is 13.0 Å². The summed E-state index contributed by atoms with van der Waals surface area (Å²) >= 11 is 23.6. The molecule has 0 saturated heterocycles. The quantitative estimate of drug-likeness (QED) is 0.652. The molecule has 6 heteroatoms. The third-order valence-corrected chi connectivity index (χ3v) is 3.40. The fraction of sp³-hybridized carbons (Fsp3) is 0.0833. The molecule has 0 aliphatic rings. The van der Waals surface area contributed by atoms with Crippen LogP contribution < -0.4 is 4.74 Å². The van der Waals surface area contributed by atoms with Gasteiger partial charge in [0.25, 0.3) is 0 Å². The van der Waals surface area contributed by atoms with Gasteiger partial charge in [-0.1, -0.05) is 52.5 Å². The van der Waals surface area contributed by atoms with Crippen LogP contribution >= 0.6 is 46.4 Å². The number of nitrogens with zero attached hydrogens (tertiary/aromatic N) is 1. The van der Waals surface area contributed by atoms with Crippen molar-refractivity contribution in [3.63, 3.8) is 0 Å². The maximum absolute atomic E-state index is 6.01. The molecule has 2 aromatic rings. The highest BCUT2D eigenvalue weighted by molar-refractivity contribution is 6.42. The standard InChI is InChI=1S/C12H7Cl4NO/c1-6-2-3-7(13)10(4-6)18-12-9(15)5-8(14)11(16)17-12/h2-5H,1H3. The lowest BCUT2D eigenvalue weighted by Gasteiger charge is -2.09. The summed E-state index contributed by atoms with van der Waals surface area (Å²) < 4.78 is 5.54. The van der Waals surface area contributed by atoms with Crippen molar-refractivity contribution in [3.8, 4) is 11.6 Å². The van der Waals surface area contributed by atoms with Crippen molar-refractivity contribution in [1.29, 1.82) is 0 Å². The molecule has 1 aromatic heterocycles. The summed E-state index contributed by atoms with van der Waals surface area (Å²) in [5, 5.41) is 1.12. The third-order valence-electron chi connectivity index (χ3n) is 2.15. The van der Waals surface area contributed by atoms with E-state index in [9.17, 15) is 0 Å². The maximum atomic E-state index is 6.01. The first-order valence-corrected chi connectivity index (χ1v) is 6.44. The number of ether oxygens (including phenoxy) is 1. The molecule has 0 radical (unpaired) electrons. The average Bonchev–Trinajstić information content (AvgIpc) is 2.30. The fourth-order valence-electron chi connectivity index (χ4n) is 1.29. The molecule has 94 valence electrons. The predicted molar refractivity (Wildman–Crippen MR) is 75.5 cm³/mol. The smallest absolute Gasteiger partial charge is 0.239 e. The van der Waals surface area contributed by atoms with E-state index in [1.54, 1.807) is 12.1 Å². The second-order valence-corrected chi connectivity index (χ2v) is 5.16. The van der Waals surface area contributed by atoms with Crippen LogP contribution in [0.2, 0.25) is 20.2 Å². The highest BCUT2D eigenvalue weighted by Gasteiger charge is 2.11. The monoisotopic (exact) mass is 321 g/mol. The summed E-state index contributed by atoms with van der Waals surface area (Å²) in [5.41, 5.74) is 1.01. The Morgan fingerprint density at radius 1 is 0.944 bits per heavy atom. The largest absolute Gasteiger partial charge is 0.436 e. The van der Waals surface area contributed by atoms with Crippen molar-refractivity contribution < 1.29 is 4.74 Å². The Labute approximate surface area is 124 Å². The van der Waals surface area contributed by atoms with Gasteiger partial charge in [-0.2, -0.15) is 4.98 Å². The van der Waals surface area contributed by atoms with Crippen molar-refractivity contribution in [3.05, 3.63) is 50.0 Å². The first-order valence-electron chi connectivity index (χ1n) is 4.93. The molecule has 0 spiro atoms. The molecule has 0 amide bonds. The molecule has 0 bridgehead atoms. The molecule has 1 heterocycles. The fourth-order valence-corrected chi connectivity index (χ4v) is 1.98. The lowest BCUT2D eigenvalue weighted by Crippen LogP contribution is -1.91. The van der Waals surface area contributed by atoms with E-state index in [0.717, 1.165) is 5.56 Å². The van der Waals surface area contributed by atoms with Gasteiger partial charge in [0.15, 0.2) is 5.15 Å². The van der Waals surface area contributed by atoms with E-state index in [0.29, 0.717) is 10.8 Å². The molecule has 0 atom stereocenters. The predicted octanol–water partition coefficient (Wildman–Crippen LogP) is 5.80. The van der Waals surface area contributed by atoms with Gasteiger partial charge in [-0.05, 0) is 30.7 Å². The Balaban J connectivity index is 2.40. The highest BCUT2D eigenvalue weighted by atomic mass is 35.5. The first kappa shape index (κ1) is 13.8. The van der Waals surface area contributed by atoms with E-state index in [1.165, 1.54) is 6.07 Å². The lowest BCUT2D eigenvalue weighted by molar-refractivity contribution is 0.463. The van der Waals surface area contributed by atoms with Crippen LogP contribution in [0.15, 0.2) is 24.3 Å². The zero-order valence-electron chi connectivity index (χ0n) is 9.18. The average molecular weight is 323 g/mol. The van der Waals surface area contributed by atoms with E-state index in [-0.39, 0.29) is 21.1 Å². The van der Waals surface area contributed by atoms with Crippen LogP contribution in [0.4, 0.5) is 0 Å². The summed E-state index contributed by atoms with van der Waals surface area (Å²) in [7, 11) is 0. The molecule has 0 saturated carbocycles. The number of pyridine rings is 1. The topological polar surface area (TPSA) is 22.1 Å². The Morgan fingerprint density at radius 2 is 1.67 bits per heavy atom. The van der Waals surface area contributed by atoms with Gasteiger partial charge in [0, 0.05) is 0 Å². The van der Waals surface area contributed by atoms with E-state index in [4.69, 9.17) is 51.1 Å². The van der Waals surface area contributed by atoms with Crippen molar-refractivity contribution in [2.45, 2.75) is 6.92 Å². The SMILES string of the molecule is Cc1ccc(Cl)c(Oc2nc(Cl)c(Cl)cc2Cl)c1. The normalized spacial score (nSPS) is 10.5. The van der Waals surface area contributed by atoms with Gasteiger partial charge in [-0.25, -0.2) is 0 Å². The van der Waals surface area contributed by atoms with Crippen molar-refractivity contribution in [1.82, 2.24) is 4.98 Å². The highest BCUT2D eigenvalue weighted by Crippen LogP contribution is 2.35. The second kappa shape index (κ2) is 5.54. The van der Waals surface area contributed by atoms with Gasteiger partial charge in [-0.3, -0.25) is 0 Å². The first-order chi connectivity index (χ1) is 8.47. The third kappa shape index (κ3) is 3.01. The van der Waals surface area contributed by atoms with Crippen LogP contribution in [-0.2, 0) is 0 Å². The van der Waals surface area contributed by atoms with Crippen LogP contribution in [-0.4, -0.2) is 4.98 Å². The van der Waals surface area contributed by atoms with Crippen molar-refractivity contribution in [2.75, 3.05) is 0 Å². The van der Waals surface area contributed by atoms with Gasteiger partial charge in [0.2, 0.25) is 5.88 Å². The van der Waals surface area contributed by atoms with Gasteiger partial charge >= 0.3 is 0 Å². The Morgan fingerprint density at radius 3 is 2.39 bits per heavy atom. The van der Waals surface area contributed by atoms with Gasteiger partial charge < -0.3 is 4.74 Å². The number of rotatable bonds is 2. The molecule has 18 heavy (non-hydrogen) atoms. The molecule has 2 nitrogen and oxygen atoms in total. The molecule has 2 rings (SSSR count). The molecule has 0 aliphatic carbocycles. The molecule has 0 aliphatic heterocycles. The Kier molecular flexibility index (Phi) is 4.23. The van der Waals surface area contributed by atoms with Crippen molar-refractivity contribution in [2.24, 2.45) is 0 Å². The zero-order chi connectivity index (χ0) is 13.3. The summed E-state index contributed by atoms with van der Waals surface area (Å²) in [6.45, 7) is 1.92. The van der Waals surface area contributed by atoms with E-state index >= 15 is 0 Å². The molecule has 0 unspecified atom stereocenters. The Hall–Kier alpha value is -0.670. The van der Waals surface area contributed by atoms with Crippen LogP contribution in [0, 0.1) is 6.92 Å². The molecular formula is C12H7Cl4NO. The molecule has 0 N–H and O–H groups in total. The van der Waals surface area contributed by atoms with Gasteiger partial charge in [0.1, 0.15) is 10.8 Å². The van der Waals surface area contributed by atoms with Crippen LogP contribution in [0.1, 0.15) is 5.56 Å². The number of halogens is 4. The lowest BCUT2D eigenvalue weighted by atomic mass is 10.2. The minimum absolute atomic E-state index is 0.125.